The Hall–Kier alpha value is -0.810. The predicted octanol–water partition coefficient (Wildman–Crippen LogP) is 2.02. The van der Waals surface area contributed by atoms with Gasteiger partial charge in [-0.25, -0.2) is 8.42 Å². The minimum atomic E-state index is -2.77. The topological polar surface area (TPSA) is 59.3 Å². The van der Waals surface area contributed by atoms with Crippen molar-refractivity contribution < 1.29 is 12.8 Å². The number of nitrogens with one attached hydrogen (secondary N) is 1. The Morgan fingerprint density at radius 3 is 2.95 bits per heavy atom. The van der Waals surface area contributed by atoms with Gasteiger partial charge in [0.15, 0.2) is 9.84 Å². The lowest BCUT2D eigenvalue weighted by Gasteiger charge is -2.20. The maximum atomic E-state index is 11.5. The lowest BCUT2D eigenvalue weighted by molar-refractivity contribution is 0.377. The first kappa shape index (κ1) is 14.6. The highest BCUT2D eigenvalue weighted by atomic mass is 32.2. The molecule has 19 heavy (non-hydrogen) atoms. The molecule has 1 fully saturated rings. The largest absolute Gasteiger partial charge is 0.469 e. The second-order valence-corrected chi connectivity index (χ2v) is 7.67. The van der Waals surface area contributed by atoms with Crippen LogP contribution < -0.4 is 5.32 Å². The molecule has 4 nitrogen and oxygen atoms in total. The first-order chi connectivity index (χ1) is 9.09. The van der Waals surface area contributed by atoms with E-state index in [2.05, 4.69) is 12.2 Å². The minimum Gasteiger partial charge on any atom is -0.469 e. The molecule has 1 aromatic rings. The van der Waals surface area contributed by atoms with Crippen molar-refractivity contribution in [1.29, 1.82) is 0 Å². The zero-order valence-electron chi connectivity index (χ0n) is 11.5. The van der Waals surface area contributed by atoms with Crippen LogP contribution in [-0.4, -0.2) is 32.5 Å². The van der Waals surface area contributed by atoms with Crippen LogP contribution in [0.15, 0.2) is 22.8 Å². The monoisotopic (exact) mass is 285 g/mol. The van der Waals surface area contributed by atoms with Crippen LogP contribution in [0.1, 0.15) is 31.9 Å². The standard InChI is InChI=1S/C14H23NO3S/c1-2-6-15-13(10-14-4-3-7-18-14)9-12-5-8-19(16,17)11-12/h3-4,7,12-13,15H,2,5-6,8-11H2,1H3. The summed E-state index contributed by atoms with van der Waals surface area (Å²) < 4.78 is 28.4. The quantitative estimate of drug-likeness (QED) is 0.832. The second-order valence-electron chi connectivity index (χ2n) is 5.44. The molecule has 1 aromatic heterocycles. The van der Waals surface area contributed by atoms with Gasteiger partial charge in [0.1, 0.15) is 5.76 Å². The molecular weight excluding hydrogens is 262 g/mol. The fourth-order valence-corrected chi connectivity index (χ4v) is 4.60. The molecule has 0 bridgehead atoms. The van der Waals surface area contributed by atoms with Crippen LogP contribution >= 0.6 is 0 Å². The highest BCUT2D eigenvalue weighted by Gasteiger charge is 2.29. The molecule has 2 heterocycles. The highest BCUT2D eigenvalue weighted by Crippen LogP contribution is 2.24. The molecule has 2 unspecified atom stereocenters. The molecule has 0 saturated carbocycles. The summed E-state index contributed by atoms with van der Waals surface area (Å²) in [5.74, 6) is 1.98. The number of hydrogen-bond donors (Lipinski definition) is 1. The van der Waals surface area contributed by atoms with Gasteiger partial charge >= 0.3 is 0 Å². The molecule has 0 amide bonds. The maximum Gasteiger partial charge on any atom is 0.150 e. The average molecular weight is 285 g/mol. The number of hydrogen-bond acceptors (Lipinski definition) is 4. The van der Waals surface area contributed by atoms with Gasteiger partial charge in [0.25, 0.3) is 0 Å². The third-order valence-electron chi connectivity index (χ3n) is 3.66. The first-order valence-electron chi connectivity index (χ1n) is 7.05. The Morgan fingerprint density at radius 1 is 1.53 bits per heavy atom. The van der Waals surface area contributed by atoms with Crippen LogP contribution in [0.5, 0.6) is 0 Å². The number of sulfone groups is 1. The first-order valence-corrected chi connectivity index (χ1v) is 8.87. The summed E-state index contributed by atoms with van der Waals surface area (Å²) in [6.45, 7) is 3.10. The van der Waals surface area contributed by atoms with Gasteiger partial charge in [-0.15, -0.1) is 0 Å². The van der Waals surface area contributed by atoms with Crippen molar-refractivity contribution in [2.75, 3.05) is 18.1 Å². The van der Waals surface area contributed by atoms with E-state index in [0.717, 1.165) is 38.0 Å². The highest BCUT2D eigenvalue weighted by molar-refractivity contribution is 7.91. The fourth-order valence-electron chi connectivity index (χ4n) is 2.72. The smallest absolute Gasteiger partial charge is 0.150 e. The van der Waals surface area contributed by atoms with Crippen molar-refractivity contribution in [3.05, 3.63) is 24.2 Å². The van der Waals surface area contributed by atoms with Crippen LogP contribution in [0.3, 0.4) is 0 Å². The van der Waals surface area contributed by atoms with E-state index in [-0.39, 0.29) is 0 Å². The lowest BCUT2D eigenvalue weighted by atomic mass is 9.96. The second kappa shape index (κ2) is 6.57. The summed E-state index contributed by atoms with van der Waals surface area (Å²) in [7, 11) is -2.77. The minimum absolute atomic E-state index is 0.300. The van der Waals surface area contributed by atoms with Crippen LogP contribution in [0.2, 0.25) is 0 Å². The molecule has 1 aliphatic heterocycles. The molecular formula is C14H23NO3S. The average Bonchev–Trinajstić information content (AvgIpc) is 2.96. The molecule has 5 heteroatoms. The zero-order chi connectivity index (χ0) is 13.7. The van der Waals surface area contributed by atoms with Crippen molar-refractivity contribution >= 4 is 9.84 Å². The molecule has 0 aromatic carbocycles. The number of rotatable bonds is 7. The van der Waals surface area contributed by atoms with E-state index >= 15 is 0 Å². The van der Waals surface area contributed by atoms with Crippen LogP contribution in [0, 0.1) is 5.92 Å². The van der Waals surface area contributed by atoms with Crippen molar-refractivity contribution in [2.24, 2.45) is 5.92 Å². The SMILES string of the molecule is CCCNC(Cc1ccco1)CC1CCS(=O)(=O)C1. The summed E-state index contributed by atoms with van der Waals surface area (Å²) in [6, 6.07) is 4.18. The number of furan rings is 1. The van der Waals surface area contributed by atoms with E-state index in [1.165, 1.54) is 0 Å². The molecule has 0 spiro atoms. The summed E-state index contributed by atoms with van der Waals surface area (Å²) in [4.78, 5) is 0. The van der Waals surface area contributed by atoms with Gasteiger partial charge in [-0.2, -0.15) is 0 Å². The third kappa shape index (κ3) is 4.66. The van der Waals surface area contributed by atoms with Crippen molar-refractivity contribution in [3.8, 4) is 0 Å². The molecule has 0 aliphatic carbocycles. The molecule has 0 radical (unpaired) electrons. The molecule has 2 rings (SSSR count). The van der Waals surface area contributed by atoms with E-state index in [9.17, 15) is 8.42 Å². The van der Waals surface area contributed by atoms with Crippen LogP contribution in [0.4, 0.5) is 0 Å². The molecule has 2 atom stereocenters. The summed E-state index contributed by atoms with van der Waals surface area (Å²) in [5.41, 5.74) is 0. The Labute approximate surface area is 115 Å². The lowest BCUT2D eigenvalue weighted by Crippen LogP contribution is -2.34. The van der Waals surface area contributed by atoms with Gasteiger partial charge in [-0.3, -0.25) is 0 Å². The van der Waals surface area contributed by atoms with Gasteiger partial charge in [-0.1, -0.05) is 6.92 Å². The van der Waals surface area contributed by atoms with Gasteiger partial charge < -0.3 is 9.73 Å². The van der Waals surface area contributed by atoms with Gasteiger partial charge in [-0.05, 0) is 43.9 Å². The van der Waals surface area contributed by atoms with E-state index < -0.39 is 9.84 Å². The van der Waals surface area contributed by atoms with Crippen LogP contribution in [-0.2, 0) is 16.3 Å². The van der Waals surface area contributed by atoms with Gasteiger partial charge in [0.2, 0.25) is 0 Å². The van der Waals surface area contributed by atoms with Crippen molar-refractivity contribution in [3.63, 3.8) is 0 Å². The fraction of sp³-hybridized carbons (Fsp3) is 0.714. The molecule has 1 aliphatic rings. The van der Waals surface area contributed by atoms with E-state index in [1.54, 1.807) is 6.26 Å². The van der Waals surface area contributed by atoms with Crippen molar-refractivity contribution in [1.82, 2.24) is 5.32 Å². The van der Waals surface area contributed by atoms with E-state index in [4.69, 9.17) is 4.42 Å². The Kier molecular flexibility index (Phi) is 5.05. The summed E-state index contributed by atoms with van der Waals surface area (Å²) in [6.07, 6.45) is 5.33. The normalized spacial score (nSPS) is 23.5. The molecule has 1 N–H and O–H groups in total. The van der Waals surface area contributed by atoms with Gasteiger partial charge in [0, 0.05) is 12.5 Å². The maximum absolute atomic E-state index is 11.5. The third-order valence-corrected chi connectivity index (χ3v) is 5.49. The predicted molar refractivity (Wildman–Crippen MR) is 75.9 cm³/mol. The summed E-state index contributed by atoms with van der Waals surface area (Å²) in [5, 5.41) is 3.51. The molecule has 1 saturated heterocycles. The molecule has 108 valence electrons. The van der Waals surface area contributed by atoms with Crippen LogP contribution in [0.25, 0.3) is 0 Å². The Balaban J connectivity index is 1.90. The van der Waals surface area contributed by atoms with Crippen molar-refractivity contribution in [2.45, 2.75) is 38.6 Å². The zero-order valence-corrected chi connectivity index (χ0v) is 12.3. The summed E-state index contributed by atoms with van der Waals surface area (Å²) >= 11 is 0. The Bertz CT molecular complexity index is 467. The van der Waals surface area contributed by atoms with E-state index in [1.807, 2.05) is 12.1 Å². The van der Waals surface area contributed by atoms with E-state index in [0.29, 0.717) is 23.5 Å². The van der Waals surface area contributed by atoms with Gasteiger partial charge in [0.05, 0.1) is 17.8 Å². The Morgan fingerprint density at radius 2 is 2.37 bits per heavy atom.